The molecule has 0 saturated heterocycles. The van der Waals surface area contributed by atoms with Crippen LogP contribution in [0.1, 0.15) is 33.6 Å². The topological polar surface area (TPSA) is 122 Å². The molecule has 3 atom stereocenters. The minimum atomic E-state index is -1.48. The Hall–Kier alpha value is -1.18. The number of aliphatic carboxylic acids is 1. The number of carboxylic acid groups (broad SMARTS) is 1. The molecule has 7 nitrogen and oxygen atoms in total. The summed E-state index contributed by atoms with van der Waals surface area (Å²) in [5.74, 6) is -1.64. The third-order valence-corrected chi connectivity index (χ3v) is 4.22. The van der Waals surface area contributed by atoms with Gasteiger partial charge >= 0.3 is 5.97 Å². The summed E-state index contributed by atoms with van der Waals surface area (Å²) in [6.45, 7) is 6.28. The largest absolute Gasteiger partial charge is 0.479 e. The van der Waals surface area contributed by atoms with Gasteiger partial charge in [-0.1, -0.05) is 13.8 Å². The molecular weight excluding hydrogens is 264 g/mol. The van der Waals surface area contributed by atoms with Crippen LogP contribution in [0.15, 0.2) is 0 Å². The smallest absolute Gasteiger partial charge is 0.332 e. The number of carbonyl (C=O) groups is 2. The van der Waals surface area contributed by atoms with Crippen LogP contribution in [0.3, 0.4) is 0 Å². The first-order valence-corrected chi connectivity index (χ1v) is 6.76. The van der Waals surface area contributed by atoms with Gasteiger partial charge in [0.1, 0.15) is 5.54 Å². The van der Waals surface area contributed by atoms with Gasteiger partial charge in [-0.2, -0.15) is 0 Å². The second-order valence-electron chi connectivity index (χ2n) is 5.74. The molecule has 1 aliphatic carbocycles. The Morgan fingerprint density at radius 2 is 2.10 bits per heavy atom. The van der Waals surface area contributed by atoms with Crippen LogP contribution in [0, 0.1) is 5.41 Å². The van der Waals surface area contributed by atoms with Gasteiger partial charge in [-0.15, -0.1) is 0 Å². The number of rotatable bonds is 7. The maximum absolute atomic E-state index is 12.1. The molecule has 5 N–H and O–H groups in total. The zero-order valence-corrected chi connectivity index (χ0v) is 12.2. The van der Waals surface area contributed by atoms with E-state index < -0.39 is 23.0 Å². The van der Waals surface area contributed by atoms with E-state index in [1.165, 1.54) is 0 Å². The first-order chi connectivity index (χ1) is 9.16. The summed E-state index contributed by atoms with van der Waals surface area (Å²) in [6.07, 6.45) is -1.16. The monoisotopic (exact) mass is 288 g/mol. The number of carboxylic acids is 1. The van der Waals surface area contributed by atoms with E-state index in [-0.39, 0.29) is 25.0 Å². The van der Waals surface area contributed by atoms with Gasteiger partial charge in [0.05, 0.1) is 6.10 Å². The second-order valence-corrected chi connectivity index (χ2v) is 5.74. The fourth-order valence-electron chi connectivity index (χ4n) is 2.42. The van der Waals surface area contributed by atoms with Crippen molar-refractivity contribution in [1.82, 2.24) is 5.32 Å². The molecule has 1 aliphatic rings. The lowest BCUT2D eigenvalue weighted by atomic mass is 9.54. The van der Waals surface area contributed by atoms with Crippen LogP contribution in [0.5, 0.6) is 0 Å². The third-order valence-electron chi connectivity index (χ3n) is 4.22. The highest BCUT2D eigenvalue weighted by atomic mass is 16.5. The Kier molecular flexibility index (Phi) is 5.12. The minimum Gasteiger partial charge on any atom is -0.479 e. The molecule has 0 aromatic rings. The average Bonchev–Trinajstić information content (AvgIpc) is 2.37. The highest BCUT2D eigenvalue weighted by Crippen LogP contribution is 2.49. The summed E-state index contributed by atoms with van der Waals surface area (Å²) in [5, 5.41) is 20.2. The number of ether oxygens (including phenoxy) is 1. The summed E-state index contributed by atoms with van der Waals surface area (Å²) in [5.41, 5.74) is 4.64. The highest BCUT2D eigenvalue weighted by molar-refractivity contribution is 5.88. The predicted molar refractivity (Wildman–Crippen MR) is 72.0 cm³/mol. The molecular formula is C13H24N2O5. The molecule has 1 rings (SSSR count). The summed E-state index contributed by atoms with van der Waals surface area (Å²) in [6, 6.07) is 0. The van der Waals surface area contributed by atoms with E-state index in [1.807, 2.05) is 20.8 Å². The van der Waals surface area contributed by atoms with E-state index in [1.54, 1.807) is 0 Å². The number of carbonyl (C=O) groups excluding carboxylic acids is 1. The molecule has 20 heavy (non-hydrogen) atoms. The summed E-state index contributed by atoms with van der Waals surface area (Å²) < 4.78 is 5.54. The molecule has 0 aromatic heterocycles. The highest BCUT2D eigenvalue weighted by Gasteiger charge is 2.62. The van der Waals surface area contributed by atoms with E-state index in [0.717, 1.165) is 0 Å². The van der Waals surface area contributed by atoms with Gasteiger partial charge in [-0.25, -0.2) is 4.79 Å². The van der Waals surface area contributed by atoms with Crippen molar-refractivity contribution < 1.29 is 24.5 Å². The molecule has 1 amide bonds. The van der Waals surface area contributed by atoms with Crippen LogP contribution in [0.25, 0.3) is 0 Å². The quantitative estimate of drug-likeness (QED) is 0.499. The van der Waals surface area contributed by atoms with Crippen molar-refractivity contribution in [3.8, 4) is 0 Å². The number of hydrogen-bond donors (Lipinski definition) is 4. The Morgan fingerprint density at radius 3 is 2.55 bits per heavy atom. The lowest BCUT2D eigenvalue weighted by Crippen LogP contribution is -2.75. The molecule has 0 aliphatic heterocycles. The number of aliphatic hydroxyl groups is 1. The minimum absolute atomic E-state index is 0.0491. The average molecular weight is 288 g/mol. The van der Waals surface area contributed by atoms with Crippen LogP contribution in [0.4, 0.5) is 0 Å². The van der Waals surface area contributed by atoms with E-state index in [4.69, 9.17) is 20.7 Å². The molecule has 2 unspecified atom stereocenters. The van der Waals surface area contributed by atoms with Crippen LogP contribution in [0.2, 0.25) is 0 Å². The van der Waals surface area contributed by atoms with Gasteiger partial charge in [0.2, 0.25) is 5.91 Å². The number of amides is 1. The Morgan fingerprint density at radius 1 is 1.50 bits per heavy atom. The molecule has 7 heteroatoms. The van der Waals surface area contributed by atoms with E-state index >= 15 is 0 Å². The fraction of sp³-hybridized carbons (Fsp3) is 0.846. The lowest BCUT2D eigenvalue weighted by Gasteiger charge is -2.57. The van der Waals surface area contributed by atoms with Crippen LogP contribution in [-0.2, 0) is 14.3 Å². The van der Waals surface area contributed by atoms with E-state index in [0.29, 0.717) is 13.0 Å². The van der Waals surface area contributed by atoms with Crippen LogP contribution >= 0.6 is 0 Å². The standard InChI is InChI=1S/C13H24N2O5/c1-4-20-9-7-13(14,12(9,2)3)11(19)15-6-5-8(16)10(17)18/h8-9,16H,4-7,14H2,1-3H3,(H,15,19)(H,17,18)/t8-,9?,13?/m0/s1. The molecule has 0 spiro atoms. The van der Waals surface area contributed by atoms with Gasteiger partial charge in [0.25, 0.3) is 0 Å². The maximum Gasteiger partial charge on any atom is 0.332 e. The van der Waals surface area contributed by atoms with Gasteiger partial charge in [-0.3, -0.25) is 4.79 Å². The fourth-order valence-corrected chi connectivity index (χ4v) is 2.42. The summed E-state index contributed by atoms with van der Waals surface area (Å²) in [7, 11) is 0. The predicted octanol–water partition coefficient (Wildman–Crippen LogP) is -0.529. The Bertz CT molecular complexity index is 385. The molecule has 116 valence electrons. The molecule has 1 saturated carbocycles. The van der Waals surface area contributed by atoms with Crippen molar-refractivity contribution >= 4 is 11.9 Å². The van der Waals surface area contributed by atoms with Crippen LogP contribution < -0.4 is 11.1 Å². The molecule has 0 bridgehead atoms. The molecule has 0 heterocycles. The molecule has 1 fully saturated rings. The molecule has 0 radical (unpaired) electrons. The SMILES string of the molecule is CCOC1CC(N)(C(=O)NCC[C@H](O)C(=O)O)C1(C)C. The number of aliphatic hydroxyl groups excluding tert-OH is 1. The third kappa shape index (κ3) is 2.94. The van der Waals surface area contributed by atoms with E-state index in [9.17, 15) is 9.59 Å². The van der Waals surface area contributed by atoms with Crippen molar-refractivity contribution in [2.24, 2.45) is 11.1 Å². The van der Waals surface area contributed by atoms with E-state index in [2.05, 4.69) is 5.32 Å². The second kappa shape index (κ2) is 6.07. The zero-order valence-electron chi connectivity index (χ0n) is 12.2. The first kappa shape index (κ1) is 16.9. The Labute approximate surface area is 118 Å². The zero-order chi connectivity index (χ0) is 15.6. The van der Waals surface area contributed by atoms with Crippen LogP contribution in [-0.4, -0.2) is 53.0 Å². The van der Waals surface area contributed by atoms with Crippen molar-refractivity contribution in [2.45, 2.75) is 51.4 Å². The first-order valence-electron chi connectivity index (χ1n) is 6.76. The van der Waals surface area contributed by atoms with Gasteiger partial charge in [0.15, 0.2) is 6.10 Å². The van der Waals surface area contributed by atoms with Crippen molar-refractivity contribution in [3.05, 3.63) is 0 Å². The van der Waals surface area contributed by atoms with Gasteiger partial charge in [0, 0.05) is 31.4 Å². The lowest BCUT2D eigenvalue weighted by molar-refractivity contribution is -0.170. The van der Waals surface area contributed by atoms with Crippen molar-refractivity contribution in [2.75, 3.05) is 13.2 Å². The van der Waals surface area contributed by atoms with Gasteiger partial charge in [-0.05, 0) is 6.92 Å². The normalized spacial score (nSPS) is 29.4. The number of nitrogens with two attached hydrogens (primary N) is 1. The summed E-state index contributed by atoms with van der Waals surface area (Å²) >= 11 is 0. The van der Waals surface area contributed by atoms with Gasteiger partial charge < -0.3 is 26.0 Å². The number of hydrogen-bond acceptors (Lipinski definition) is 5. The maximum atomic E-state index is 12.1. The Balaban J connectivity index is 2.50. The van der Waals surface area contributed by atoms with Crippen molar-refractivity contribution in [3.63, 3.8) is 0 Å². The summed E-state index contributed by atoms with van der Waals surface area (Å²) in [4.78, 5) is 22.6. The number of nitrogens with one attached hydrogen (secondary N) is 1. The molecule has 0 aromatic carbocycles. The van der Waals surface area contributed by atoms with Crippen molar-refractivity contribution in [1.29, 1.82) is 0 Å².